The molecule has 0 aromatic heterocycles. The standard InChI is InChI=1S/C28H17Cl3F7NO3/c1-11(40)6-15-20(33)10-21(34)16(25(15)35)9-22(41)14-8-13(3-4-18(14)29)39-26(42)24-23(27(24,30)31)12-2-5-19(32)17(7-12)28(36,37)38/h2-5,7-8,10,23-24H,6,9H2,1H3,(H,39,42)/t23-,24+/m0/s1. The summed E-state index contributed by atoms with van der Waals surface area (Å²) in [5.41, 5.74) is -3.52. The lowest BCUT2D eigenvalue weighted by atomic mass is 9.97. The van der Waals surface area contributed by atoms with Crippen LogP contribution in [0, 0.1) is 29.2 Å². The predicted molar refractivity (Wildman–Crippen MR) is 141 cm³/mol. The zero-order valence-corrected chi connectivity index (χ0v) is 23.4. The Bertz CT molecular complexity index is 1630. The second-order valence-corrected chi connectivity index (χ2v) is 11.5. The summed E-state index contributed by atoms with van der Waals surface area (Å²) < 4.78 is 94.6. The van der Waals surface area contributed by atoms with Gasteiger partial charge in [-0.3, -0.25) is 14.4 Å². The minimum atomic E-state index is -5.00. The Hall–Kier alpha value is -3.15. The Labute approximate surface area is 248 Å². The summed E-state index contributed by atoms with van der Waals surface area (Å²) in [6, 6.07) is 6.03. The molecule has 42 heavy (non-hydrogen) atoms. The molecule has 222 valence electrons. The first-order valence-corrected chi connectivity index (χ1v) is 13.1. The van der Waals surface area contributed by atoms with E-state index in [1.807, 2.05) is 0 Å². The molecule has 3 aromatic carbocycles. The Morgan fingerprint density at radius 1 is 0.881 bits per heavy atom. The number of hydrogen-bond acceptors (Lipinski definition) is 3. The fourth-order valence-corrected chi connectivity index (χ4v) is 5.62. The van der Waals surface area contributed by atoms with E-state index in [0.717, 1.165) is 19.1 Å². The Morgan fingerprint density at radius 3 is 2.10 bits per heavy atom. The van der Waals surface area contributed by atoms with E-state index in [2.05, 4.69) is 5.32 Å². The number of rotatable bonds is 8. The number of ketones is 2. The highest BCUT2D eigenvalue weighted by Crippen LogP contribution is 2.65. The summed E-state index contributed by atoms with van der Waals surface area (Å²) in [5.74, 6) is -10.3. The van der Waals surface area contributed by atoms with Crippen LogP contribution in [0.2, 0.25) is 5.02 Å². The molecular weight excluding hydrogens is 638 g/mol. The van der Waals surface area contributed by atoms with Crippen LogP contribution in [-0.4, -0.2) is 21.8 Å². The molecule has 4 rings (SSSR count). The normalized spacial score (nSPS) is 17.6. The number of hydrogen-bond donors (Lipinski definition) is 1. The Balaban J connectivity index is 1.56. The highest BCUT2D eigenvalue weighted by atomic mass is 35.5. The average molecular weight is 655 g/mol. The van der Waals surface area contributed by atoms with Crippen LogP contribution in [0.3, 0.4) is 0 Å². The first-order valence-electron chi connectivity index (χ1n) is 12.0. The monoisotopic (exact) mass is 653 g/mol. The third-order valence-electron chi connectivity index (χ3n) is 6.65. The van der Waals surface area contributed by atoms with Crippen molar-refractivity contribution in [2.45, 2.75) is 36.2 Å². The topological polar surface area (TPSA) is 63.2 Å². The quantitative estimate of drug-likeness (QED) is 0.152. The maximum Gasteiger partial charge on any atom is 0.419 e. The SMILES string of the molecule is CC(=O)Cc1c(F)cc(F)c(CC(=O)c2cc(NC(=O)[C@H]3[C@H](c4ccc(F)c(C(F)(F)F)c4)C3(Cl)Cl)ccc2Cl)c1F. The van der Waals surface area contributed by atoms with Crippen LogP contribution >= 0.6 is 34.8 Å². The Kier molecular flexibility index (Phi) is 8.70. The predicted octanol–water partition coefficient (Wildman–Crippen LogP) is 8.00. The molecule has 0 saturated heterocycles. The summed E-state index contributed by atoms with van der Waals surface area (Å²) in [5, 5.41) is 2.25. The number of Topliss-reactive ketones (excluding diaryl/α,β-unsaturated/α-hetero) is 2. The zero-order valence-electron chi connectivity index (χ0n) is 21.1. The van der Waals surface area contributed by atoms with E-state index in [1.54, 1.807) is 0 Å². The summed E-state index contributed by atoms with van der Waals surface area (Å²) in [6.07, 6.45) is -6.58. The van der Waals surface area contributed by atoms with Crippen molar-refractivity contribution in [3.8, 4) is 0 Å². The number of anilines is 1. The van der Waals surface area contributed by atoms with Crippen molar-refractivity contribution >= 4 is 58.0 Å². The summed E-state index contributed by atoms with van der Waals surface area (Å²) >= 11 is 18.5. The molecular formula is C28H17Cl3F7NO3. The van der Waals surface area contributed by atoms with E-state index in [1.165, 1.54) is 12.1 Å². The van der Waals surface area contributed by atoms with Crippen molar-refractivity contribution in [3.05, 3.63) is 98.6 Å². The van der Waals surface area contributed by atoms with Gasteiger partial charge >= 0.3 is 6.18 Å². The maximum atomic E-state index is 14.9. The molecule has 0 radical (unpaired) electrons. The molecule has 2 atom stereocenters. The van der Waals surface area contributed by atoms with Crippen molar-refractivity contribution in [2.24, 2.45) is 5.92 Å². The first-order chi connectivity index (χ1) is 19.4. The van der Waals surface area contributed by atoms with E-state index in [0.29, 0.717) is 18.2 Å². The smallest absolute Gasteiger partial charge is 0.326 e. The number of carbonyl (C=O) groups excluding carboxylic acids is 3. The molecule has 0 heterocycles. The summed E-state index contributed by atoms with van der Waals surface area (Å²) in [6.45, 7) is 1.08. The van der Waals surface area contributed by atoms with Crippen molar-refractivity contribution in [1.29, 1.82) is 0 Å². The van der Waals surface area contributed by atoms with Gasteiger partial charge < -0.3 is 5.32 Å². The molecule has 1 aliphatic carbocycles. The van der Waals surface area contributed by atoms with Gasteiger partial charge in [-0.1, -0.05) is 17.7 Å². The molecule has 0 bridgehead atoms. The lowest BCUT2D eigenvalue weighted by Gasteiger charge is -2.12. The highest BCUT2D eigenvalue weighted by molar-refractivity contribution is 6.53. The van der Waals surface area contributed by atoms with E-state index < -0.39 is 92.6 Å². The van der Waals surface area contributed by atoms with Crippen LogP contribution in [0.4, 0.5) is 36.4 Å². The third kappa shape index (κ3) is 6.28. The lowest BCUT2D eigenvalue weighted by molar-refractivity contribution is -0.140. The molecule has 0 spiro atoms. The van der Waals surface area contributed by atoms with Gasteiger partial charge in [-0.2, -0.15) is 13.2 Å². The van der Waals surface area contributed by atoms with Gasteiger partial charge in [0.1, 0.15) is 33.4 Å². The second kappa shape index (κ2) is 11.5. The van der Waals surface area contributed by atoms with Crippen LogP contribution in [-0.2, 0) is 28.6 Å². The number of alkyl halides is 5. The molecule has 0 aliphatic heterocycles. The fourth-order valence-electron chi connectivity index (χ4n) is 4.56. The molecule has 14 heteroatoms. The molecule has 3 aromatic rings. The van der Waals surface area contributed by atoms with Crippen LogP contribution < -0.4 is 5.32 Å². The van der Waals surface area contributed by atoms with E-state index in [9.17, 15) is 45.1 Å². The van der Waals surface area contributed by atoms with Gasteiger partial charge in [-0.25, -0.2) is 17.6 Å². The van der Waals surface area contributed by atoms with E-state index in [-0.39, 0.29) is 21.8 Å². The minimum absolute atomic E-state index is 0.0464. The van der Waals surface area contributed by atoms with Crippen LogP contribution in [0.1, 0.15) is 45.5 Å². The van der Waals surface area contributed by atoms with Gasteiger partial charge in [0, 0.05) is 47.2 Å². The molecule has 0 unspecified atom stereocenters. The number of carbonyl (C=O) groups is 3. The maximum absolute atomic E-state index is 14.9. The molecule has 1 N–H and O–H groups in total. The number of nitrogens with one attached hydrogen (secondary N) is 1. The molecule has 1 fully saturated rings. The van der Waals surface area contributed by atoms with Gasteiger partial charge in [-0.05, 0) is 42.8 Å². The third-order valence-corrected chi connectivity index (χ3v) is 7.92. The van der Waals surface area contributed by atoms with Crippen molar-refractivity contribution < 1.29 is 45.1 Å². The minimum Gasteiger partial charge on any atom is -0.326 e. The van der Waals surface area contributed by atoms with Gasteiger partial charge in [0.05, 0.1) is 16.5 Å². The highest BCUT2D eigenvalue weighted by Gasteiger charge is 2.67. The first kappa shape index (κ1) is 31.8. The van der Waals surface area contributed by atoms with Crippen LogP contribution in [0.15, 0.2) is 42.5 Å². The number of halogens is 10. The van der Waals surface area contributed by atoms with Gasteiger partial charge in [0.2, 0.25) is 5.91 Å². The van der Waals surface area contributed by atoms with Crippen LogP contribution in [0.5, 0.6) is 0 Å². The number of benzene rings is 3. The second-order valence-electron chi connectivity index (χ2n) is 9.64. The van der Waals surface area contributed by atoms with Crippen LogP contribution in [0.25, 0.3) is 0 Å². The van der Waals surface area contributed by atoms with E-state index in [4.69, 9.17) is 34.8 Å². The number of amides is 1. The van der Waals surface area contributed by atoms with Crippen molar-refractivity contribution in [2.75, 3.05) is 5.32 Å². The lowest BCUT2D eigenvalue weighted by Crippen LogP contribution is -2.18. The largest absolute Gasteiger partial charge is 0.419 e. The molecule has 1 saturated carbocycles. The summed E-state index contributed by atoms with van der Waals surface area (Å²) in [7, 11) is 0. The summed E-state index contributed by atoms with van der Waals surface area (Å²) in [4.78, 5) is 37.3. The average Bonchev–Trinajstić information content (AvgIpc) is 3.46. The van der Waals surface area contributed by atoms with E-state index >= 15 is 0 Å². The molecule has 1 amide bonds. The van der Waals surface area contributed by atoms with Gasteiger partial charge in [0.15, 0.2) is 5.78 Å². The van der Waals surface area contributed by atoms with Gasteiger partial charge in [0.25, 0.3) is 0 Å². The molecule has 4 nitrogen and oxygen atoms in total. The molecule has 1 aliphatic rings. The Morgan fingerprint density at radius 2 is 1.50 bits per heavy atom. The van der Waals surface area contributed by atoms with Crippen molar-refractivity contribution in [1.82, 2.24) is 0 Å². The van der Waals surface area contributed by atoms with Gasteiger partial charge in [-0.15, -0.1) is 23.2 Å². The fraction of sp³-hybridized carbons (Fsp3) is 0.250. The van der Waals surface area contributed by atoms with Crippen molar-refractivity contribution in [3.63, 3.8) is 0 Å². The zero-order chi connectivity index (χ0) is 31.3.